The summed E-state index contributed by atoms with van der Waals surface area (Å²) in [5.74, 6) is 0.618. The second kappa shape index (κ2) is 5.34. The molecule has 1 aromatic carbocycles. The van der Waals surface area contributed by atoms with Gasteiger partial charge in [0.05, 0.1) is 7.11 Å². The lowest BCUT2D eigenvalue weighted by atomic mass is 10.1. The van der Waals surface area contributed by atoms with E-state index in [0.29, 0.717) is 24.3 Å². The maximum atomic E-state index is 10.5. The smallest absolute Gasteiger partial charge is 0.121 e. The number of aryl methyl sites for hydroxylation is 1. The molecule has 0 aliphatic heterocycles. The van der Waals surface area contributed by atoms with Gasteiger partial charge >= 0.3 is 0 Å². The molecule has 0 atom stereocenters. The maximum absolute atomic E-state index is 10.5. The summed E-state index contributed by atoms with van der Waals surface area (Å²) in [6, 6.07) is 5.17. The number of benzene rings is 1. The van der Waals surface area contributed by atoms with E-state index in [4.69, 9.17) is 9.84 Å². The van der Waals surface area contributed by atoms with Gasteiger partial charge in [0.2, 0.25) is 0 Å². The molecule has 14 heavy (non-hydrogen) atoms. The van der Waals surface area contributed by atoms with Gasteiger partial charge in [-0.1, -0.05) is 6.07 Å². The van der Waals surface area contributed by atoms with E-state index >= 15 is 0 Å². The highest BCUT2D eigenvalue weighted by Crippen LogP contribution is 2.25. The largest absolute Gasteiger partial charge is 0.497 e. The number of aliphatic hydroxyl groups is 1. The van der Waals surface area contributed by atoms with Gasteiger partial charge in [-0.2, -0.15) is 0 Å². The molecule has 0 unspecified atom stereocenters. The van der Waals surface area contributed by atoms with Crippen molar-refractivity contribution >= 4 is 5.69 Å². The Labute approximate surface area is 82.5 Å². The van der Waals surface area contributed by atoms with Gasteiger partial charge in [-0.25, -0.2) is 0 Å². The summed E-state index contributed by atoms with van der Waals surface area (Å²) < 4.78 is 4.97. The molecule has 0 aliphatic carbocycles. The minimum absolute atomic E-state index is 0.115. The second-order valence-electron chi connectivity index (χ2n) is 2.91. The highest BCUT2D eigenvalue weighted by molar-refractivity contribution is 5.50. The molecule has 1 rings (SSSR count). The number of aliphatic hydroxyl groups excluding tert-OH is 1. The summed E-state index contributed by atoms with van der Waals surface area (Å²) >= 11 is 0. The van der Waals surface area contributed by atoms with Crippen molar-refractivity contribution in [3.8, 4) is 5.75 Å². The highest BCUT2D eigenvalue weighted by Gasteiger charge is 2.04. The van der Waals surface area contributed by atoms with E-state index in [1.165, 1.54) is 7.11 Å². The molecule has 4 heteroatoms. The first-order chi connectivity index (χ1) is 6.81. The number of hydrogen-bond acceptors (Lipinski definition) is 4. The Morgan fingerprint density at radius 2 is 2.29 bits per heavy atom. The Kier molecular flexibility index (Phi) is 4.07. The quantitative estimate of drug-likeness (QED) is 0.731. The summed E-state index contributed by atoms with van der Waals surface area (Å²) in [6.45, 7) is 0.115. The average molecular weight is 195 g/mol. The van der Waals surface area contributed by atoms with Crippen LogP contribution in [-0.2, 0) is 6.42 Å². The number of rotatable bonds is 5. The molecule has 0 aliphatic rings. The molecular weight excluding hydrogens is 182 g/mol. The third-order valence-electron chi connectivity index (χ3n) is 2.00. The first kappa shape index (κ1) is 10.7. The number of methoxy groups -OCH3 is 1. The van der Waals surface area contributed by atoms with Crippen LogP contribution >= 0.6 is 0 Å². The molecule has 0 aromatic heterocycles. The van der Waals surface area contributed by atoms with Crippen molar-refractivity contribution in [3.05, 3.63) is 28.7 Å². The zero-order valence-electron chi connectivity index (χ0n) is 8.06. The van der Waals surface area contributed by atoms with Gasteiger partial charge in [0.1, 0.15) is 11.4 Å². The van der Waals surface area contributed by atoms with Crippen molar-refractivity contribution in [1.82, 2.24) is 0 Å². The maximum Gasteiger partial charge on any atom is 0.121 e. The van der Waals surface area contributed by atoms with Gasteiger partial charge in [-0.15, -0.1) is 4.91 Å². The normalized spacial score (nSPS) is 9.86. The molecule has 0 fully saturated rings. The number of ether oxygens (including phenoxy) is 1. The van der Waals surface area contributed by atoms with Crippen molar-refractivity contribution < 1.29 is 9.84 Å². The molecule has 1 N–H and O–H groups in total. The molecule has 0 amide bonds. The van der Waals surface area contributed by atoms with Crippen LogP contribution in [0.1, 0.15) is 12.0 Å². The Bertz CT molecular complexity index is 312. The fraction of sp³-hybridized carbons (Fsp3) is 0.400. The zero-order chi connectivity index (χ0) is 10.4. The van der Waals surface area contributed by atoms with Crippen molar-refractivity contribution in [2.75, 3.05) is 13.7 Å². The SMILES string of the molecule is COc1ccc(CCCO)c(N=O)c1. The zero-order valence-corrected chi connectivity index (χ0v) is 8.06. The molecule has 0 radical (unpaired) electrons. The second-order valence-corrected chi connectivity index (χ2v) is 2.91. The molecule has 0 saturated heterocycles. The third-order valence-corrected chi connectivity index (χ3v) is 2.00. The Morgan fingerprint density at radius 3 is 2.86 bits per heavy atom. The molecule has 0 spiro atoms. The van der Waals surface area contributed by atoms with Crippen LogP contribution < -0.4 is 4.74 Å². The number of nitroso groups, excluding NO2 is 1. The number of nitrogens with zero attached hydrogens (tertiary/aromatic N) is 1. The van der Waals surface area contributed by atoms with Gasteiger partial charge in [-0.3, -0.25) is 0 Å². The van der Waals surface area contributed by atoms with Gasteiger partial charge in [-0.05, 0) is 29.6 Å². The first-order valence-corrected chi connectivity index (χ1v) is 4.43. The van der Waals surface area contributed by atoms with Crippen LogP contribution in [-0.4, -0.2) is 18.8 Å². The van der Waals surface area contributed by atoms with E-state index in [9.17, 15) is 4.91 Å². The monoisotopic (exact) mass is 195 g/mol. The summed E-state index contributed by atoms with van der Waals surface area (Å²) in [5, 5.41) is 11.6. The predicted octanol–water partition coefficient (Wildman–Crippen LogP) is 2.02. The van der Waals surface area contributed by atoms with Gasteiger partial charge in [0.25, 0.3) is 0 Å². The Hall–Kier alpha value is -1.42. The molecule has 0 bridgehead atoms. The van der Waals surface area contributed by atoms with Crippen LogP contribution in [0, 0.1) is 4.91 Å². The summed E-state index contributed by atoms with van der Waals surface area (Å²) in [5.41, 5.74) is 1.23. The Morgan fingerprint density at radius 1 is 1.50 bits per heavy atom. The van der Waals surface area contributed by atoms with E-state index in [1.807, 2.05) is 0 Å². The van der Waals surface area contributed by atoms with Crippen LogP contribution in [0.2, 0.25) is 0 Å². The topological polar surface area (TPSA) is 58.9 Å². The van der Waals surface area contributed by atoms with Crippen LogP contribution in [0.25, 0.3) is 0 Å². The van der Waals surface area contributed by atoms with E-state index in [-0.39, 0.29) is 6.61 Å². The Balaban J connectivity index is 2.87. The molecule has 1 aromatic rings. The van der Waals surface area contributed by atoms with Crippen LogP contribution in [0.4, 0.5) is 5.69 Å². The fourth-order valence-corrected chi connectivity index (χ4v) is 1.24. The lowest BCUT2D eigenvalue weighted by Crippen LogP contribution is -1.91. The van der Waals surface area contributed by atoms with Crippen molar-refractivity contribution in [2.45, 2.75) is 12.8 Å². The summed E-state index contributed by atoms with van der Waals surface area (Å²) in [6.07, 6.45) is 1.29. The fourth-order valence-electron chi connectivity index (χ4n) is 1.24. The summed E-state index contributed by atoms with van der Waals surface area (Å²) in [4.78, 5) is 10.5. The third kappa shape index (κ3) is 2.53. The molecule has 76 valence electrons. The van der Waals surface area contributed by atoms with Crippen molar-refractivity contribution in [1.29, 1.82) is 0 Å². The highest BCUT2D eigenvalue weighted by atomic mass is 16.5. The van der Waals surface area contributed by atoms with E-state index in [1.54, 1.807) is 18.2 Å². The number of hydrogen-bond donors (Lipinski definition) is 1. The van der Waals surface area contributed by atoms with E-state index in [2.05, 4.69) is 5.18 Å². The molecule has 4 nitrogen and oxygen atoms in total. The first-order valence-electron chi connectivity index (χ1n) is 4.43. The van der Waals surface area contributed by atoms with Gasteiger partial charge in [0.15, 0.2) is 0 Å². The van der Waals surface area contributed by atoms with Crippen molar-refractivity contribution in [3.63, 3.8) is 0 Å². The minimum atomic E-state index is 0.115. The predicted molar refractivity (Wildman–Crippen MR) is 53.9 cm³/mol. The van der Waals surface area contributed by atoms with E-state index < -0.39 is 0 Å². The minimum Gasteiger partial charge on any atom is -0.497 e. The summed E-state index contributed by atoms with van der Waals surface area (Å²) in [7, 11) is 1.54. The standard InChI is InChI=1S/C10H13NO3/c1-14-9-5-4-8(3-2-6-12)10(7-9)11-13/h4-5,7,12H,2-3,6H2,1H3. The van der Waals surface area contributed by atoms with Crippen LogP contribution in [0.3, 0.4) is 0 Å². The lowest BCUT2D eigenvalue weighted by molar-refractivity contribution is 0.288. The average Bonchev–Trinajstić information content (AvgIpc) is 2.26. The van der Waals surface area contributed by atoms with Crippen LogP contribution in [0.5, 0.6) is 5.75 Å². The van der Waals surface area contributed by atoms with Gasteiger partial charge in [0, 0.05) is 12.7 Å². The molecule has 0 saturated carbocycles. The lowest BCUT2D eigenvalue weighted by Gasteiger charge is -2.04. The van der Waals surface area contributed by atoms with Crippen molar-refractivity contribution in [2.24, 2.45) is 5.18 Å². The molecule has 0 heterocycles. The van der Waals surface area contributed by atoms with Gasteiger partial charge < -0.3 is 9.84 Å². The van der Waals surface area contributed by atoms with Crippen LogP contribution in [0.15, 0.2) is 23.4 Å². The van der Waals surface area contributed by atoms with E-state index in [0.717, 1.165) is 5.56 Å². The molecular formula is C10H13NO3.